The first-order chi connectivity index (χ1) is 8.14. The second kappa shape index (κ2) is 5.29. The lowest BCUT2D eigenvalue weighted by Gasteiger charge is -2.27. The van der Waals surface area contributed by atoms with Gasteiger partial charge in [0.2, 0.25) is 11.8 Å². The summed E-state index contributed by atoms with van der Waals surface area (Å²) in [5, 5.41) is 0.689. The highest BCUT2D eigenvalue weighted by Gasteiger charge is 2.31. The average Bonchev–Trinajstić information content (AvgIpc) is 2.21. The topological polar surface area (TPSA) is 37.4 Å². The van der Waals surface area contributed by atoms with Crippen molar-refractivity contribution in [1.29, 1.82) is 0 Å². The lowest BCUT2D eigenvalue weighted by atomic mass is 9.94. The molecule has 2 amide bonds. The van der Waals surface area contributed by atoms with E-state index >= 15 is 0 Å². The highest BCUT2D eigenvalue weighted by molar-refractivity contribution is 6.42. The van der Waals surface area contributed by atoms with Gasteiger partial charge in [0.1, 0.15) is 0 Å². The molecule has 0 saturated heterocycles. The second-order valence-electron chi connectivity index (χ2n) is 5.01. The number of hydrogen-bond donors (Lipinski definition) is 0. The quantitative estimate of drug-likeness (QED) is 0.785. The van der Waals surface area contributed by atoms with Crippen LogP contribution in [0.4, 0.5) is 5.69 Å². The van der Waals surface area contributed by atoms with E-state index in [0.717, 1.165) is 4.90 Å². The Hall–Kier alpha value is -1.06. The van der Waals surface area contributed by atoms with Gasteiger partial charge in [0.05, 0.1) is 15.7 Å². The van der Waals surface area contributed by atoms with Gasteiger partial charge < -0.3 is 0 Å². The van der Waals surface area contributed by atoms with E-state index in [2.05, 4.69) is 0 Å². The summed E-state index contributed by atoms with van der Waals surface area (Å²) in [6.45, 7) is 6.60. The molecule has 1 aromatic carbocycles. The van der Waals surface area contributed by atoms with E-state index in [4.69, 9.17) is 23.2 Å². The van der Waals surface area contributed by atoms with Gasteiger partial charge >= 0.3 is 0 Å². The molecule has 0 radical (unpaired) electrons. The van der Waals surface area contributed by atoms with E-state index in [1.807, 2.05) is 0 Å². The number of benzene rings is 1. The first-order valence-electron chi connectivity index (χ1n) is 5.45. The molecule has 0 heterocycles. The van der Waals surface area contributed by atoms with E-state index in [0.29, 0.717) is 15.7 Å². The van der Waals surface area contributed by atoms with Gasteiger partial charge in [0, 0.05) is 12.3 Å². The molecule has 0 atom stereocenters. The molecule has 0 aliphatic heterocycles. The SMILES string of the molecule is CC(=O)N(C(=O)C(C)(C)C)c1ccc(Cl)c(Cl)c1. The molecule has 5 heteroatoms. The van der Waals surface area contributed by atoms with Crippen molar-refractivity contribution in [3.63, 3.8) is 0 Å². The van der Waals surface area contributed by atoms with Crippen LogP contribution in [0.25, 0.3) is 0 Å². The van der Waals surface area contributed by atoms with Crippen molar-refractivity contribution in [3.8, 4) is 0 Å². The van der Waals surface area contributed by atoms with Crippen molar-refractivity contribution in [2.24, 2.45) is 5.41 Å². The van der Waals surface area contributed by atoms with E-state index in [1.54, 1.807) is 32.9 Å². The highest BCUT2D eigenvalue weighted by atomic mass is 35.5. The third kappa shape index (κ3) is 3.24. The number of carbonyl (C=O) groups is 2. The van der Waals surface area contributed by atoms with Crippen LogP contribution in [0.3, 0.4) is 0 Å². The summed E-state index contributed by atoms with van der Waals surface area (Å²) in [5.74, 6) is -0.637. The van der Waals surface area contributed by atoms with Crippen LogP contribution in [0.1, 0.15) is 27.7 Å². The van der Waals surface area contributed by atoms with Gasteiger partial charge in [-0.25, -0.2) is 0 Å². The number of halogens is 2. The molecule has 3 nitrogen and oxygen atoms in total. The Labute approximate surface area is 117 Å². The predicted molar refractivity (Wildman–Crippen MR) is 74.1 cm³/mol. The molecule has 0 spiro atoms. The van der Waals surface area contributed by atoms with Gasteiger partial charge in [-0.1, -0.05) is 44.0 Å². The molecule has 0 aliphatic rings. The van der Waals surface area contributed by atoms with Crippen molar-refractivity contribution < 1.29 is 9.59 Å². The van der Waals surface area contributed by atoms with E-state index < -0.39 is 5.41 Å². The Morgan fingerprint density at radius 2 is 1.67 bits per heavy atom. The maximum atomic E-state index is 12.2. The number of amides is 2. The zero-order chi connectivity index (χ0) is 14.1. The third-order valence-electron chi connectivity index (χ3n) is 2.32. The fourth-order valence-corrected chi connectivity index (χ4v) is 1.69. The summed E-state index contributed by atoms with van der Waals surface area (Å²) < 4.78 is 0. The van der Waals surface area contributed by atoms with Crippen molar-refractivity contribution in [2.75, 3.05) is 4.90 Å². The van der Waals surface area contributed by atoms with Crippen LogP contribution < -0.4 is 4.90 Å². The Morgan fingerprint density at radius 1 is 1.11 bits per heavy atom. The van der Waals surface area contributed by atoms with Gasteiger partial charge in [0.15, 0.2) is 0 Å². The monoisotopic (exact) mass is 287 g/mol. The van der Waals surface area contributed by atoms with E-state index in [9.17, 15) is 9.59 Å². The largest absolute Gasteiger partial charge is 0.274 e. The van der Waals surface area contributed by atoms with Gasteiger partial charge in [0.25, 0.3) is 0 Å². The summed E-state index contributed by atoms with van der Waals surface area (Å²) in [6, 6.07) is 4.67. The molecule has 18 heavy (non-hydrogen) atoms. The molecule has 0 fully saturated rings. The van der Waals surface area contributed by atoms with Crippen molar-refractivity contribution in [3.05, 3.63) is 28.2 Å². The van der Waals surface area contributed by atoms with Gasteiger partial charge in [-0.15, -0.1) is 0 Å². The highest BCUT2D eigenvalue weighted by Crippen LogP contribution is 2.29. The Kier molecular flexibility index (Phi) is 4.41. The molecule has 0 aliphatic carbocycles. The molecule has 0 N–H and O–H groups in total. The number of nitrogens with zero attached hydrogens (tertiary/aromatic N) is 1. The van der Waals surface area contributed by atoms with E-state index in [-0.39, 0.29) is 11.8 Å². The zero-order valence-electron chi connectivity index (χ0n) is 10.8. The Morgan fingerprint density at radius 3 is 2.06 bits per heavy atom. The van der Waals surface area contributed by atoms with Crippen molar-refractivity contribution >= 4 is 40.7 Å². The van der Waals surface area contributed by atoms with Crippen LogP contribution in [0, 0.1) is 5.41 Å². The molecule has 1 rings (SSSR count). The summed E-state index contributed by atoms with van der Waals surface area (Å²) in [4.78, 5) is 25.0. The molecule has 0 aromatic heterocycles. The predicted octanol–water partition coefficient (Wildman–Crippen LogP) is 3.92. The van der Waals surface area contributed by atoms with Crippen LogP contribution in [0.5, 0.6) is 0 Å². The zero-order valence-corrected chi connectivity index (χ0v) is 12.3. The Balaban J connectivity index is 3.25. The van der Waals surface area contributed by atoms with Crippen LogP contribution in [0.15, 0.2) is 18.2 Å². The van der Waals surface area contributed by atoms with Crippen LogP contribution in [0.2, 0.25) is 10.0 Å². The number of anilines is 1. The molecule has 98 valence electrons. The number of carbonyl (C=O) groups excluding carboxylic acids is 2. The van der Waals surface area contributed by atoms with Crippen molar-refractivity contribution in [1.82, 2.24) is 0 Å². The third-order valence-corrected chi connectivity index (χ3v) is 3.06. The lowest BCUT2D eigenvalue weighted by molar-refractivity contribution is -0.130. The average molecular weight is 288 g/mol. The van der Waals surface area contributed by atoms with Gasteiger partial charge in [-0.2, -0.15) is 0 Å². The second-order valence-corrected chi connectivity index (χ2v) is 5.82. The Bertz CT molecular complexity index is 492. The number of hydrogen-bond acceptors (Lipinski definition) is 2. The van der Waals surface area contributed by atoms with Gasteiger partial charge in [-0.3, -0.25) is 14.5 Å². The summed E-state index contributed by atoms with van der Waals surface area (Å²) in [5.41, 5.74) is -0.227. The minimum atomic E-state index is -0.655. The normalized spacial score (nSPS) is 11.2. The molecule has 0 unspecified atom stereocenters. The molecular weight excluding hydrogens is 273 g/mol. The minimum absolute atomic E-state index is 0.284. The lowest BCUT2D eigenvalue weighted by Crippen LogP contribution is -2.42. The smallest absolute Gasteiger partial charge is 0.239 e. The summed E-state index contributed by atoms with van der Waals surface area (Å²) in [7, 11) is 0. The fraction of sp³-hybridized carbons (Fsp3) is 0.385. The molecule has 1 aromatic rings. The van der Waals surface area contributed by atoms with Crippen LogP contribution in [-0.4, -0.2) is 11.8 Å². The van der Waals surface area contributed by atoms with E-state index in [1.165, 1.54) is 13.0 Å². The van der Waals surface area contributed by atoms with Gasteiger partial charge in [-0.05, 0) is 18.2 Å². The maximum Gasteiger partial charge on any atom is 0.239 e. The van der Waals surface area contributed by atoms with Crippen molar-refractivity contribution in [2.45, 2.75) is 27.7 Å². The molecule has 0 saturated carbocycles. The maximum absolute atomic E-state index is 12.2. The summed E-state index contributed by atoms with van der Waals surface area (Å²) >= 11 is 11.7. The van der Waals surface area contributed by atoms with Crippen LogP contribution >= 0.6 is 23.2 Å². The summed E-state index contributed by atoms with van der Waals surface area (Å²) in [6.07, 6.45) is 0. The number of rotatable bonds is 1. The fourth-order valence-electron chi connectivity index (χ4n) is 1.40. The molecule has 0 bridgehead atoms. The standard InChI is InChI=1S/C13H15Cl2NO2/c1-8(17)16(12(18)13(2,3)4)9-5-6-10(14)11(15)7-9/h5-7H,1-4H3. The first-order valence-corrected chi connectivity index (χ1v) is 6.20. The molecular formula is C13H15Cl2NO2. The van der Waals surface area contributed by atoms with Crippen LogP contribution in [-0.2, 0) is 9.59 Å². The number of imide groups is 1. The first kappa shape index (κ1) is 15.0. The minimum Gasteiger partial charge on any atom is -0.274 e.